The van der Waals surface area contributed by atoms with Gasteiger partial charge in [-0.1, -0.05) is 23.7 Å². The number of nitrogens with two attached hydrogens (primary N) is 1. The van der Waals surface area contributed by atoms with Gasteiger partial charge in [0.15, 0.2) is 12.5 Å². The molecule has 0 bridgehead atoms. The first-order chi connectivity index (χ1) is 11.1. The lowest BCUT2D eigenvalue weighted by atomic mass is 10.1. The van der Waals surface area contributed by atoms with Crippen LogP contribution in [-0.2, 0) is 11.3 Å². The van der Waals surface area contributed by atoms with E-state index in [1.54, 1.807) is 23.5 Å². The van der Waals surface area contributed by atoms with E-state index < -0.39 is 6.17 Å². The molecule has 5 nitrogen and oxygen atoms in total. The van der Waals surface area contributed by atoms with Gasteiger partial charge >= 0.3 is 0 Å². The maximum Gasteiger partial charge on any atom is 0.181 e. The number of carbonyl (C=O) groups is 1. The van der Waals surface area contributed by atoms with E-state index in [2.05, 4.69) is 5.10 Å². The summed E-state index contributed by atoms with van der Waals surface area (Å²) >= 11 is 5.91. The Balaban J connectivity index is 1.79. The molecule has 0 aliphatic carbocycles. The van der Waals surface area contributed by atoms with E-state index >= 15 is 0 Å². The average Bonchev–Trinajstić information content (AvgIpc) is 2.94. The van der Waals surface area contributed by atoms with Crippen molar-refractivity contribution in [3.63, 3.8) is 0 Å². The number of nitrogens with zero attached hydrogens (tertiary/aromatic N) is 3. The van der Waals surface area contributed by atoms with E-state index in [0.29, 0.717) is 11.6 Å². The minimum Gasteiger partial charge on any atom is -0.399 e. The lowest BCUT2D eigenvalue weighted by Gasteiger charge is -2.26. The molecule has 0 amide bonds. The van der Waals surface area contributed by atoms with Gasteiger partial charge in [-0.15, -0.1) is 0 Å². The topological polar surface area (TPSA) is 61.9 Å². The van der Waals surface area contributed by atoms with E-state index in [1.165, 1.54) is 0 Å². The van der Waals surface area contributed by atoms with Gasteiger partial charge in [-0.25, -0.2) is 5.01 Å². The van der Waals surface area contributed by atoms with Crippen LogP contribution in [0.5, 0.6) is 0 Å². The maximum absolute atomic E-state index is 11.6. The van der Waals surface area contributed by atoms with Crippen LogP contribution in [0.1, 0.15) is 11.1 Å². The Morgan fingerprint density at radius 2 is 2.00 bits per heavy atom. The summed E-state index contributed by atoms with van der Waals surface area (Å²) in [5.74, 6) is 0. The zero-order valence-corrected chi connectivity index (χ0v) is 13.4. The second-order valence-corrected chi connectivity index (χ2v) is 5.90. The van der Waals surface area contributed by atoms with Crippen molar-refractivity contribution in [1.82, 2.24) is 4.90 Å². The van der Waals surface area contributed by atoms with Crippen LogP contribution in [0.25, 0.3) is 0 Å². The number of benzene rings is 2. The molecule has 0 radical (unpaired) electrons. The van der Waals surface area contributed by atoms with Crippen molar-refractivity contribution in [2.75, 3.05) is 10.7 Å². The van der Waals surface area contributed by atoms with Gasteiger partial charge in [0.25, 0.3) is 0 Å². The molecule has 1 aliphatic heterocycles. The highest BCUT2D eigenvalue weighted by Crippen LogP contribution is 2.25. The van der Waals surface area contributed by atoms with Gasteiger partial charge in [-0.05, 0) is 48.4 Å². The molecule has 0 spiro atoms. The first-order valence-electron chi connectivity index (χ1n) is 7.23. The Kier molecular flexibility index (Phi) is 4.21. The smallest absolute Gasteiger partial charge is 0.181 e. The van der Waals surface area contributed by atoms with E-state index in [-0.39, 0.29) is 0 Å². The van der Waals surface area contributed by atoms with Crippen LogP contribution in [-0.4, -0.2) is 23.7 Å². The zero-order valence-electron chi connectivity index (χ0n) is 12.7. The second-order valence-electron chi connectivity index (χ2n) is 5.46. The monoisotopic (exact) mass is 328 g/mol. The molecule has 0 aromatic heterocycles. The Morgan fingerprint density at radius 3 is 2.65 bits per heavy atom. The molecule has 23 heavy (non-hydrogen) atoms. The normalized spacial score (nSPS) is 16.9. The van der Waals surface area contributed by atoms with E-state index in [1.807, 2.05) is 42.2 Å². The number of anilines is 2. The Morgan fingerprint density at radius 1 is 1.26 bits per heavy atom. The third kappa shape index (κ3) is 3.14. The fourth-order valence-corrected chi connectivity index (χ4v) is 2.66. The highest BCUT2D eigenvalue weighted by atomic mass is 35.5. The van der Waals surface area contributed by atoms with Crippen molar-refractivity contribution >= 4 is 35.6 Å². The standard InChI is InChI=1S/C17H17ClN4O/c1-12-8-13(2-7-16(12)19)9-21-11-20-22(17(21)10-23)15-5-3-14(18)4-6-15/h2-8,10-11,17H,9,19H2,1H3. The van der Waals surface area contributed by atoms with Crippen LogP contribution in [0.15, 0.2) is 47.6 Å². The van der Waals surface area contributed by atoms with Gasteiger partial charge in [0, 0.05) is 17.3 Å². The third-order valence-corrected chi connectivity index (χ3v) is 4.08. The van der Waals surface area contributed by atoms with Crippen LogP contribution in [0.2, 0.25) is 5.02 Å². The van der Waals surface area contributed by atoms with Crippen molar-refractivity contribution in [1.29, 1.82) is 0 Å². The van der Waals surface area contributed by atoms with E-state index in [0.717, 1.165) is 28.8 Å². The summed E-state index contributed by atoms with van der Waals surface area (Å²) in [7, 11) is 0. The van der Waals surface area contributed by atoms with Gasteiger partial charge in [-0.3, -0.25) is 4.79 Å². The second kappa shape index (κ2) is 6.30. The highest BCUT2D eigenvalue weighted by Gasteiger charge is 2.28. The number of hydrogen-bond donors (Lipinski definition) is 1. The molecule has 1 heterocycles. The summed E-state index contributed by atoms with van der Waals surface area (Å²) in [4.78, 5) is 13.5. The van der Waals surface area contributed by atoms with Gasteiger partial charge < -0.3 is 10.6 Å². The number of hydrogen-bond acceptors (Lipinski definition) is 5. The molecule has 3 rings (SSSR count). The highest BCUT2D eigenvalue weighted by molar-refractivity contribution is 6.30. The van der Waals surface area contributed by atoms with Crippen LogP contribution >= 0.6 is 11.6 Å². The zero-order chi connectivity index (χ0) is 16.4. The summed E-state index contributed by atoms with van der Waals surface area (Å²) < 4.78 is 0. The van der Waals surface area contributed by atoms with Gasteiger partial charge in [-0.2, -0.15) is 5.10 Å². The minimum atomic E-state index is -0.478. The predicted octanol–water partition coefficient (Wildman–Crippen LogP) is 3.02. The van der Waals surface area contributed by atoms with Crippen molar-refractivity contribution in [2.45, 2.75) is 19.6 Å². The molecule has 6 heteroatoms. The Hall–Kier alpha value is -2.53. The fourth-order valence-electron chi connectivity index (χ4n) is 2.53. The average molecular weight is 329 g/mol. The van der Waals surface area contributed by atoms with Crippen LogP contribution < -0.4 is 10.7 Å². The number of aryl methyl sites for hydroxylation is 1. The van der Waals surface area contributed by atoms with Crippen molar-refractivity contribution in [3.05, 3.63) is 58.6 Å². The van der Waals surface area contributed by atoms with Crippen molar-refractivity contribution < 1.29 is 4.79 Å². The van der Waals surface area contributed by atoms with E-state index in [9.17, 15) is 4.79 Å². The Bertz CT molecular complexity index is 745. The molecule has 2 aromatic rings. The largest absolute Gasteiger partial charge is 0.399 e. The Labute approximate surface area is 139 Å². The number of nitrogen functional groups attached to an aromatic ring is 1. The number of aldehydes is 1. The summed E-state index contributed by atoms with van der Waals surface area (Å²) in [5, 5.41) is 6.66. The maximum atomic E-state index is 11.6. The van der Waals surface area contributed by atoms with Gasteiger partial charge in [0.05, 0.1) is 5.69 Å². The molecule has 0 saturated heterocycles. The molecular weight excluding hydrogens is 312 g/mol. The molecular formula is C17H17ClN4O. The first kappa shape index (κ1) is 15.4. The number of halogens is 1. The summed E-state index contributed by atoms with van der Waals surface area (Å²) in [5.41, 5.74) is 9.53. The molecule has 2 N–H and O–H groups in total. The quantitative estimate of drug-likeness (QED) is 0.692. The molecule has 1 unspecified atom stereocenters. The molecule has 118 valence electrons. The lowest BCUT2D eigenvalue weighted by molar-refractivity contribution is -0.111. The SMILES string of the molecule is Cc1cc(CN2C=NN(c3ccc(Cl)cc3)C2C=O)ccc1N. The van der Waals surface area contributed by atoms with Gasteiger partial charge in [0.1, 0.15) is 6.34 Å². The van der Waals surface area contributed by atoms with Crippen molar-refractivity contribution in [3.8, 4) is 0 Å². The van der Waals surface area contributed by atoms with Crippen LogP contribution in [0.4, 0.5) is 11.4 Å². The summed E-state index contributed by atoms with van der Waals surface area (Å²) in [6, 6.07) is 13.1. The summed E-state index contributed by atoms with van der Waals surface area (Å²) in [6.45, 7) is 2.55. The first-order valence-corrected chi connectivity index (χ1v) is 7.61. The van der Waals surface area contributed by atoms with Crippen molar-refractivity contribution in [2.24, 2.45) is 5.10 Å². The summed E-state index contributed by atoms with van der Waals surface area (Å²) in [6.07, 6.45) is 2.08. The number of rotatable bonds is 4. The molecule has 1 atom stereocenters. The number of carbonyl (C=O) groups excluding carboxylic acids is 1. The molecule has 2 aromatic carbocycles. The third-order valence-electron chi connectivity index (χ3n) is 3.83. The minimum absolute atomic E-state index is 0.478. The fraction of sp³-hybridized carbons (Fsp3) is 0.176. The molecule has 0 fully saturated rings. The van der Waals surface area contributed by atoms with Crippen LogP contribution in [0.3, 0.4) is 0 Å². The van der Waals surface area contributed by atoms with E-state index in [4.69, 9.17) is 17.3 Å². The van der Waals surface area contributed by atoms with Gasteiger partial charge in [0.2, 0.25) is 0 Å². The number of hydrazone groups is 1. The molecule has 1 aliphatic rings. The molecule has 0 saturated carbocycles. The van der Waals surface area contributed by atoms with Crippen LogP contribution in [0, 0.1) is 6.92 Å². The predicted molar refractivity (Wildman–Crippen MR) is 93.4 cm³/mol. The lowest BCUT2D eigenvalue weighted by Crippen LogP contribution is -2.40.